The van der Waals surface area contributed by atoms with Crippen LogP contribution in [-0.4, -0.2) is 23.5 Å². The fraction of sp³-hybridized carbons (Fsp3) is 0.214. The lowest BCUT2D eigenvalue weighted by atomic mass is 10.2. The molecule has 2 heterocycles. The summed E-state index contributed by atoms with van der Waals surface area (Å²) in [5, 5.41) is 3.03. The highest BCUT2D eigenvalue weighted by Gasteiger charge is 2.18. The molecule has 0 bridgehead atoms. The van der Waals surface area contributed by atoms with Crippen LogP contribution in [0.2, 0.25) is 0 Å². The third-order valence-electron chi connectivity index (χ3n) is 2.57. The van der Waals surface area contributed by atoms with Gasteiger partial charge in [-0.3, -0.25) is 4.79 Å². The van der Waals surface area contributed by atoms with Gasteiger partial charge in [0.05, 0.1) is 17.7 Å². The molecule has 1 N–H and O–H groups in total. The standard InChI is InChI=1S/C14H13FN2O3S/c1-3-20-14(19)10-6-8(2)21-13(10)17-12(18)9-4-5-11(15)16-7-9/h4-7H,3H2,1-2H3,(H,17,18). The van der Waals surface area contributed by atoms with E-state index >= 15 is 0 Å². The normalized spacial score (nSPS) is 10.2. The number of halogens is 1. The first kappa shape index (κ1) is 15.1. The summed E-state index contributed by atoms with van der Waals surface area (Å²) in [7, 11) is 0. The van der Waals surface area contributed by atoms with Crippen molar-refractivity contribution in [2.24, 2.45) is 0 Å². The highest BCUT2D eigenvalue weighted by atomic mass is 32.1. The Balaban J connectivity index is 2.21. The van der Waals surface area contributed by atoms with Gasteiger partial charge in [0.15, 0.2) is 0 Å². The number of anilines is 1. The van der Waals surface area contributed by atoms with Crippen molar-refractivity contribution in [3.05, 3.63) is 46.3 Å². The molecule has 0 radical (unpaired) electrons. The van der Waals surface area contributed by atoms with E-state index in [0.29, 0.717) is 10.6 Å². The minimum Gasteiger partial charge on any atom is -0.462 e. The zero-order chi connectivity index (χ0) is 15.4. The number of aromatic nitrogens is 1. The Morgan fingerprint density at radius 2 is 2.19 bits per heavy atom. The third kappa shape index (κ3) is 3.63. The van der Waals surface area contributed by atoms with Gasteiger partial charge < -0.3 is 10.1 Å². The fourth-order valence-corrected chi connectivity index (χ4v) is 2.55. The van der Waals surface area contributed by atoms with E-state index in [-0.39, 0.29) is 12.2 Å². The van der Waals surface area contributed by atoms with Crippen molar-refractivity contribution in [1.82, 2.24) is 4.98 Å². The van der Waals surface area contributed by atoms with Crippen molar-refractivity contribution >= 4 is 28.2 Å². The Bertz CT molecular complexity index is 667. The Morgan fingerprint density at radius 1 is 1.43 bits per heavy atom. The second kappa shape index (κ2) is 6.45. The SMILES string of the molecule is CCOC(=O)c1cc(C)sc1NC(=O)c1ccc(F)nc1. The summed E-state index contributed by atoms with van der Waals surface area (Å²) in [6, 6.07) is 4.07. The Morgan fingerprint density at radius 3 is 2.81 bits per heavy atom. The van der Waals surface area contributed by atoms with Gasteiger partial charge in [0.25, 0.3) is 5.91 Å². The molecule has 110 valence electrons. The molecular formula is C14H13FN2O3S. The molecule has 0 aliphatic rings. The molecule has 2 rings (SSSR count). The molecule has 0 aromatic carbocycles. The second-order valence-corrected chi connectivity index (χ2v) is 5.40. The number of rotatable bonds is 4. The van der Waals surface area contributed by atoms with Crippen LogP contribution in [0.25, 0.3) is 0 Å². The molecule has 21 heavy (non-hydrogen) atoms. The predicted molar refractivity (Wildman–Crippen MR) is 77.2 cm³/mol. The number of thiophene rings is 1. The number of nitrogens with zero attached hydrogens (tertiary/aromatic N) is 1. The maximum absolute atomic E-state index is 12.7. The first-order valence-corrected chi connectivity index (χ1v) is 7.03. The van der Waals surface area contributed by atoms with Crippen LogP contribution >= 0.6 is 11.3 Å². The zero-order valence-corrected chi connectivity index (χ0v) is 12.3. The van der Waals surface area contributed by atoms with Crippen LogP contribution in [0.4, 0.5) is 9.39 Å². The molecular weight excluding hydrogens is 295 g/mol. The van der Waals surface area contributed by atoms with E-state index in [9.17, 15) is 14.0 Å². The largest absolute Gasteiger partial charge is 0.462 e. The van der Waals surface area contributed by atoms with Gasteiger partial charge >= 0.3 is 5.97 Å². The van der Waals surface area contributed by atoms with Crippen LogP contribution in [-0.2, 0) is 4.74 Å². The van der Waals surface area contributed by atoms with Gasteiger partial charge in [-0.15, -0.1) is 11.3 Å². The molecule has 0 spiro atoms. The topological polar surface area (TPSA) is 68.3 Å². The summed E-state index contributed by atoms with van der Waals surface area (Å²) in [6.07, 6.45) is 1.13. The molecule has 2 aromatic heterocycles. The maximum Gasteiger partial charge on any atom is 0.341 e. The fourth-order valence-electron chi connectivity index (χ4n) is 1.65. The van der Waals surface area contributed by atoms with Crippen molar-refractivity contribution in [3.8, 4) is 0 Å². The monoisotopic (exact) mass is 308 g/mol. The molecule has 7 heteroatoms. The number of pyridine rings is 1. The highest BCUT2D eigenvalue weighted by Crippen LogP contribution is 2.28. The summed E-state index contributed by atoms with van der Waals surface area (Å²) in [6.45, 7) is 3.78. The van der Waals surface area contributed by atoms with E-state index in [1.807, 2.05) is 6.92 Å². The highest BCUT2D eigenvalue weighted by molar-refractivity contribution is 7.16. The number of hydrogen-bond acceptors (Lipinski definition) is 5. The van der Waals surface area contributed by atoms with Crippen LogP contribution in [0.5, 0.6) is 0 Å². The molecule has 0 aliphatic heterocycles. The average Bonchev–Trinajstić information content (AvgIpc) is 2.80. The van der Waals surface area contributed by atoms with E-state index in [2.05, 4.69) is 10.3 Å². The summed E-state index contributed by atoms with van der Waals surface area (Å²) in [5.74, 6) is -1.62. The van der Waals surface area contributed by atoms with Gasteiger partial charge in [-0.1, -0.05) is 0 Å². The van der Waals surface area contributed by atoms with Crippen LogP contribution in [0, 0.1) is 12.9 Å². The average molecular weight is 308 g/mol. The molecule has 0 aliphatic carbocycles. The molecule has 5 nitrogen and oxygen atoms in total. The molecule has 0 fully saturated rings. The van der Waals surface area contributed by atoms with Crippen molar-refractivity contribution in [3.63, 3.8) is 0 Å². The van der Waals surface area contributed by atoms with Gasteiger partial charge in [0.1, 0.15) is 5.00 Å². The Labute approximate surface area is 124 Å². The maximum atomic E-state index is 12.7. The smallest absolute Gasteiger partial charge is 0.341 e. The predicted octanol–water partition coefficient (Wildman–Crippen LogP) is 3.02. The number of amides is 1. The van der Waals surface area contributed by atoms with Crippen molar-refractivity contribution in [2.75, 3.05) is 11.9 Å². The lowest BCUT2D eigenvalue weighted by Gasteiger charge is -2.05. The van der Waals surface area contributed by atoms with Crippen molar-refractivity contribution < 1.29 is 18.7 Å². The Kier molecular flexibility index (Phi) is 4.64. The molecule has 0 atom stereocenters. The molecule has 2 aromatic rings. The number of ether oxygens (including phenoxy) is 1. The second-order valence-electron chi connectivity index (χ2n) is 4.14. The molecule has 1 amide bonds. The lowest BCUT2D eigenvalue weighted by molar-refractivity contribution is 0.0528. The van der Waals surface area contributed by atoms with Gasteiger partial charge in [-0.25, -0.2) is 9.78 Å². The quantitative estimate of drug-likeness (QED) is 0.696. The molecule has 0 saturated carbocycles. The number of carbonyl (C=O) groups excluding carboxylic acids is 2. The molecule has 0 unspecified atom stereocenters. The van der Waals surface area contributed by atoms with E-state index in [4.69, 9.17) is 4.74 Å². The molecule has 0 saturated heterocycles. The Hall–Kier alpha value is -2.28. The van der Waals surface area contributed by atoms with Crippen LogP contribution in [0.3, 0.4) is 0 Å². The number of esters is 1. The van der Waals surface area contributed by atoms with Crippen molar-refractivity contribution in [1.29, 1.82) is 0 Å². The van der Waals surface area contributed by atoms with Gasteiger partial charge in [-0.05, 0) is 32.0 Å². The van der Waals surface area contributed by atoms with E-state index in [1.54, 1.807) is 13.0 Å². The van der Waals surface area contributed by atoms with Crippen LogP contribution in [0.15, 0.2) is 24.4 Å². The number of aryl methyl sites for hydroxylation is 1. The van der Waals surface area contributed by atoms with Crippen LogP contribution in [0.1, 0.15) is 32.5 Å². The van der Waals surface area contributed by atoms with Gasteiger partial charge in [-0.2, -0.15) is 4.39 Å². The minimum atomic E-state index is -0.661. The van der Waals surface area contributed by atoms with E-state index in [1.165, 1.54) is 17.4 Å². The number of carbonyl (C=O) groups is 2. The summed E-state index contributed by atoms with van der Waals surface area (Å²) < 4.78 is 17.7. The number of nitrogens with one attached hydrogen (secondary N) is 1. The first-order chi connectivity index (χ1) is 10.0. The van der Waals surface area contributed by atoms with Crippen LogP contribution < -0.4 is 5.32 Å². The van der Waals surface area contributed by atoms with Gasteiger partial charge in [0, 0.05) is 11.1 Å². The third-order valence-corrected chi connectivity index (χ3v) is 3.53. The summed E-state index contributed by atoms with van der Waals surface area (Å²) in [5.41, 5.74) is 0.514. The minimum absolute atomic E-state index is 0.206. The summed E-state index contributed by atoms with van der Waals surface area (Å²) >= 11 is 1.27. The lowest BCUT2D eigenvalue weighted by Crippen LogP contribution is -2.14. The van der Waals surface area contributed by atoms with E-state index < -0.39 is 17.8 Å². The van der Waals surface area contributed by atoms with Gasteiger partial charge in [0.2, 0.25) is 5.95 Å². The number of hydrogen-bond donors (Lipinski definition) is 1. The first-order valence-electron chi connectivity index (χ1n) is 6.21. The summed E-state index contributed by atoms with van der Waals surface area (Å²) in [4.78, 5) is 28.1. The van der Waals surface area contributed by atoms with E-state index in [0.717, 1.165) is 17.1 Å². The van der Waals surface area contributed by atoms with Crippen molar-refractivity contribution in [2.45, 2.75) is 13.8 Å². The zero-order valence-electron chi connectivity index (χ0n) is 11.5.